The van der Waals surface area contributed by atoms with Gasteiger partial charge >= 0.3 is 0 Å². The maximum absolute atomic E-state index is 12.4. The van der Waals surface area contributed by atoms with Crippen LogP contribution < -0.4 is 20.8 Å². The number of aliphatic hydroxyl groups excluding tert-OH is 1. The molecule has 4 atom stereocenters. The number of imidazole rings is 1. The molecule has 6 rings (SSSR count). The Morgan fingerprint density at radius 3 is 2.09 bits per heavy atom. The SMILES string of the molecule is COc1ccc(C(OC[C@H]2O[C@@H](n3cnc4c(=O)[nH]c(N)nc43)[C@H](OC)[C@@H]2O)(c2ccccc2)c2ccc(OC)cc2)cc1. The molecular formula is C32H33N5O7. The van der Waals surface area contributed by atoms with Gasteiger partial charge in [-0.2, -0.15) is 4.98 Å². The fraction of sp³-hybridized carbons (Fsp3) is 0.281. The van der Waals surface area contributed by atoms with Gasteiger partial charge in [-0.25, -0.2) is 4.98 Å². The fourth-order valence-corrected chi connectivity index (χ4v) is 5.75. The van der Waals surface area contributed by atoms with E-state index in [0.29, 0.717) is 11.5 Å². The van der Waals surface area contributed by atoms with Crippen LogP contribution in [-0.4, -0.2) is 70.9 Å². The van der Waals surface area contributed by atoms with E-state index in [1.54, 1.807) is 14.2 Å². The first-order valence-electron chi connectivity index (χ1n) is 14.0. The molecule has 3 heterocycles. The molecule has 12 heteroatoms. The van der Waals surface area contributed by atoms with E-state index in [1.165, 1.54) is 18.0 Å². The van der Waals surface area contributed by atoms with Crippen LogP contribution in [0.5, 0.6) is 11.5 Å². The molecule has 0 radical (unpaired) electrons. The Morgan fingerprint density at radius 2 is 1.52 bits per heavy atom. The van der Waals surface area contributed by atoms with Crippen molar-refractivity contribution in [1.29, 1.82) is 0 Å². The van der Waals surface area contributed by atoms with Crippen LogP contribution in [0.1, 0.15) is 22.9 Å². The highest BCUT2D eigenvalue weighted by atomic mass is 16.6. The molecule has 2 aromatic heterocycles. The van der Waals surface area contributed by atoms with Gasteiger partial charge in [-0.1, -0.05) is 54.6 Å². The molecule has 44 heavy (non-hydrogen) atoms. The molecule has 4 N–H and O–H groups in total. The highest BCUT2D eigenvalue weighted by molar-refractivity contribution is 5.70. The predicted octanol–water partition coefficient (Wildman–Crippen LogP) is 3.00. The number of hydrogen-bond donors (Lipinski definition) is 3. The van der Waals surface area contributed by atoms with Gasteiger partial charge in [0.05, 0.1) is 27.2 Å². The maximum atomic E-state index is 12.4. The number of anilines is 1. The minimum atomic E-state index is -1.12. The maximum Gasteiger partial charge on any atom is 0.280 e. The van der Waals surface area contributed by atoms with Crippen LogP contribution in [0.15, 0.2) is 90.0 Å². The van der Waals surface area contributed by atoms with E-state index in [4.69, 9.17) is 29.4 Å². The lowest BCUT2D eigenvalue weighted by Crippen LogP contribution is -2.40. The largest absolute Gasteiger partial charge is 0.497 e. The lowest BCUT2D eigenvalue weighted by atomic mass is 9.80. The van der Waals surface area contributed by atoms with E-state index < -0.39 is 35.7 Å². The van der Waals surface area contributed by atoms with Crippen LogP contribution in [0, 0.1) is 0 Å². The van der Waals surface area contributed by atoms with Crippen LogP contribution in [-0.2, 0) is 19.8 Å². The number of hydrogen-bond acceptors (Lipinski definition) is 10. The van der Waals surface area contributed by atoms with Crippen LogP contribution >= 0.6 is 0 Å². The number of rotatable bonds is 10. The van der Waals surface area contributed by atoms with Crippen molar-refractivity contribution in [3.8, 4) is 11.5 Å². The number of benzene rings is 3. The van der Waals surface area contributed by atoms with Crippen LogP contribution in [0.4, 0.5) is 5.95 Å². The van der Waals surface area contributed by atoms with Crippen LogP contribution in [0.3, 0.4) is 0 Å². The van der Waals surface area contributed by atoms with E-state index >= 15 is 0 Å². The predicted molar refractivity (Wildman–Crippen MR) is 162 cm³/mol. The van der Waals surface area contributed by atoms with Gasteiger partial charge in [0.1, 0.15) is 35.4 Å². The molecule has 0 unspecified atom stereocenters. The molecule has 0 spiro atoms. The number of methoxy groups -OCH3 is 3. The van der Waals surface area contributed by atoms with Crippen LogP contribution in [0.2, 0.25) is 0 Å². The number of aromatic nitrogens is 4. The van der Waals surface area contributed by atoms with Gasteiger partial charge < -0.3 is 34.5 Å². The fourth-order valence-electron chi connectivity index (χ4n) is 5.75. The average Bonchev–Trinajstić information content (AvgIpc) is 3.62. The van der Waals surface area contributed by atoms with E-state index in [0.717, 1.165) is 16.7 Å². The molecular weight excluding hydrogens is 566 g/mol. The van der Waals surface area contributed by atoms with Crippen molar-refractivity contribution >= 4 is 17.1 Å². The van der Waals surface area contributed by atoms with Crippen molar-refractivity contribution in [3.05, 3.63) is 112 Å². The molecule has 0 saturated carbocycles. The van der Waals surface area contributed by atoms with Crippen LogP contribution in [0.25, 0.3) is 11.2 Å². The van der Waals surface area contributed by atoms with Crippen molar-refractivity contribution in [3.63, 3.8) is 0 Å². The van der Waals surface area contributed by atoms with E-state index in [9.17, 15) is 9.90 Å². The standard InChI is InChI=1S/C32H33N5O7/c1-40-22-13-9-20(10-14-22)32(19-7-5-4-6-8-19,21-11-15-23(41-2)16-12-21)43-17-24-26(38)27(42-3)30(44-24)37-18-34-25-28(37)35-31(33)36-29(25)39/h4-16,18,24,26-27,30,38H,17H2,1-3H3,(H3,33,35,36,39)/t24-,26-,27-,30-/m1/s1. The molecule has 1 aliphatic rings. The Kier molecular flexibility index (Phi) is 8.06. The van der Waals surface area contributed by atoms with Crippen molar-refractivity contribution in [2.45, 2.75) is 30.1 Å². The number of aliphatic hydroxyl groups is 1. The Hall–Kier alpha value is -4.75. The molecule has 0 amide bonds. The normalized spacial score (nSPS) is 20.2. The van der Waals surface area contributed by atoms with Gasteiger partial charge in [-0.3, -0.25) is 14.3 Å². The highest BCUT2D eigenvalue weighted by Gasteiger charge is 2.48. The summed E-state index contributed by atoms with van der Waals surface area (Å²) in [4.78, 5) is 23.3. The quantitative estimate of drug-likeness (QED) is 0.204. The summed E-state index contributed by atoms with van der Waals surface area (Å²) in [7, 11) is 4.71. The summed E-state index contributed by atoms with van der Waals surface area (Å²) < 4.78 is 31.4. The second-order valence-corrected chi connectivity index (χ2v) is 10.3. The van der Waals surface area contributed by atoms with E-state index in [-0.39, 0.29) is 23.7 Å². The first-order valence-corrected chi connectivity index (χ1v) is 14.0. The Morgan fingerprint density at radius 1 is 0.932 bits per heavy atom. The number of aromatic amines is 1. The summed E-state index contributed by atoms with van der Waals surface area (Å²) in [6.07, 6.45) is -2.20. The summed E-state index contributed by atoms with van der Waals surface area (Å²) in [6.45, 7) is -0.0345. The number of fused-ring (bicyclic) bond motifs is 1. The van der Waals surface area contributed by atoms with Gasteiger partial charge in [-0.15, -0.1) is 0 Å². The summed E-state index contributed by atoms with van der Waals surface area (Å²) in [5.74, 6) is 1.33. The Labute approximate surface area is 253 Å². The second-order valence-electron chi connectivity index (χ2n) is 10.3. The van der Waals surface area contributed by atoms with Gasteiger partial charge in [0, 0.05) is 7.11 Å². The molecule has 1 fully saturated rings. The number of ether oxygens (including phenoxy) is 5. The first kappa shape index (κ1) is 29.3. The van der Waals surface area contributed by atoms with Crippen molar-refractivity contribution in [2.75, 3.05) is 33.7 Å². The number of nitrogen functional groups attached to an aromatic ring is 1. The number of H-pyrrole nitrogens is 1. The molecule has 1 aliphatic heterocycles. The zero-order valence-electron chi connectivity index (χ0n) is 24.4. The number of nitrogens with zero attached hydrogens (tertiary/aromatic N) is 3. The monoisotopic (exact) mass is 599 g/mol. The summed E-state index contributed by atoms with van der Waals surface area (Å²) in [5.41, 5.74) is 7.04. The topological polar surface area (TPSA) is 156 Å². The Bertz CT molecular complexity index is 1730. The van der Waals surface area contributed by atoms with Gasteiger partial charge in [0.2, 0.25) is 5.95 Å². The first-order chi connectivity index (χ1) is 21.4. The van der Waals surface area contributed by atoms with E-state index in [1.807, 2.05) is 78.9 Å². The van der Waals surface area contributed by atoms with Gasteiger partial charge in [0.25, 0.3) is 5.56 Å². The number of nitrogens with two attached hydrogens (primary N) is 1. The van der Waals surface area contributed by atoms with Gasteiger partial charge in [-0.05, 0) is 41.0 Å². The zero-order chi connectivity index (χ0) is 30.8. The van der Waals surface area contributed by atoms with Crippen molar-refractivity contribution in [2.24, 2.45) is 0 Å². The minimum absolute atomic E-state index is 0.0345. The van der Waals surface area contributed by atoms with E-state index in [2.05, 4.69) is 15.0 Å². The molecule has 0 aliphatic carbocycles. The second kappa shape index (κ2) is 12.1. The average molecular weight is 600 g/mol. The van der Waals surface area contributed by atoms with Crippen molar-refractivity contribution in [1.82, 2.24) is 19.5 Å². The minimum Gasteiger partial charge on any atom is -0.497 e. The highest BCUT2D eigenvalue weighted by Crippen LogP contribution is 2.43. The third-order valence-corrected chi connectivity index (χ3v) is 7.95. The molecule has 0 bridgehead atoms. The molecule has 12 nitrogen and oxygen atoms in total. The third kappa shape index (κ3) is 5.07. The molecule has 3 aromatic carbocycles. The third-order valence-electron chi connectivity index (χ3n) is 7.95. The summed E-state index contributed by atoms with van der Waals surface area (Å²) >= 11 is 0. The smallest absolute Gasteiger partial charge is 0.280 e. The molecule has 1 saturated heterocycles. The lowest BCUT2D eigenvalue weighted by molar-refractivity contribution is -0.0948. The van der Waals surface area contributed by atoms with Gasteiger partial charge in [0.15, 0.2) is 17.4 Å². The zero-order valence-corrected chi connectivity index (χ0v) is 24.4. The number of nitrogens with one attached hydrogen (secondary N) is 1. The summed E-state index contributed by atoms with van der Waals surface area (Å²) in [6, 6.07) is 25.1. The molecule has 5 aromatic rings. The van der Waals surface area contributed by atoms with Crippen molar-refractivity contribution < 1.29 is 28.8 Å². The lowest BCUT2D eigenvalue weighted by Gasteiger charge is -2.37. The summed E-state index contributed by atoms with van der Waals surface area (Å²) in [5, 5.41) is 11.4. The molecule has 228 valence electrons. The Balaban J connectivity index is 1.41.